The molecular weight excluding hydrogens is 298 g/mol. The van der Waals surface area contributed by atoms with Gasteiger partial charge in [-0.3, -0.25) is 4.79 Å². The summed E-state index contributed by atoms with van der Waals surface area (Å²) in [5, 5.41) is 0.781. The highest BCUT2D eigenvalue weighted by atomic mass is 35.5. The third-order valence-corrected chi connectivity index (χ3v) is 5.13. The summed E-state index contributed by atoms with van der Waals surface area (Å²) in [6.07, 6.45) is 4.93. The number of amides is 1. The monoisotopic (exact) mass is 321 g/mol. The summed E-state index contributed by atoms with van der Waals surface area (Å²) in [6, 6.07) is 8.07. The Bertz CT molecular complexity index is 496. The molecule has 4 heteroatoms. The second-order valence-corrected chi connectivity index (χ2v) is 7.02. The Kier molecular flexibility index (Phi) is 5.37. The Balaban J connectivity index is 1.46. The molecule has 0 bridgehead atoms. The topological polar surface area (TPSA) is 29.5 Å². The van der Waals surface area contributed by atoms with Crippen molar-refractivity contribution in [1.29, 1.82) is 0 Å². The van der Waals surface area contributed by atoms with E-state index in [1.54, 1.807) is 0 Å². The fourth-order valence-corrected chi connectivity index (χ4v) is 3.63. The molecule has 2 aliphatic rings. The fourth-order valence-electron chi connectivity index (χ4n) is 3.51. The zero-order valence-corrected chi connectivity index (χ0v) is 13.7. The number of carbonyl (C=O) groups is 1. The summed E-state index contributed by atoms with van der Waals surface area (Å²) >= 11 is 5.92. The normalized spacial score (nSPS) is 23.0. The molecule has 0 aromatic heterocycles. The average molecular weight is 322 g/mol. The molecule has 1 atom stereocenters. The number of ether oxygens (including phenoxy) is 1. The minimum Gasteiger partial charge on any atom is -0.381 e. The van der Waals surface area contributed by atoms with E-state index in [1.165, 1.54) is 5.56 Å². The van der Waals surface area contributed by atoms with Crippen LogP contribution in [-0.4, -0.2) is 37.1 Å². The van der Waals surface area contributed by atoms with Crippen LogP contribution in [0.25, 0.3) is 0 Å². The molecule has 2 aliphatic heterocycles. The van der Waals surface area contributed by atoms with E-state index in [4.69, 9.17) is 16.3 Å². The molecule has 2 heterocycles. The standard InChI is InChI=1S/C18H24ClNO2/c19-17-3-1-14(2-4-17)11-16-5-8-20(13-16)18(21)12-15-6-9-22-10-7-15/h1-4,15-16H,5-13H2. The molecule has 0 N–H and O–H groups in total. The van der Waals surface area contributed by atoms with Crippen molar-refractivity contribution in [2.45, 2.75) is 32.1 Å². The first-order valence-electron chi connectivity index (χ1n) is 8.30. The lowest BCUT2D eigenvalue weighted by atomic mass is 9.96. The van der Waals surface area contributed by atoms with Crippen molar-refractivity contribution in [2.24, 2.45) is 11.8 Å². The predicted molar refractivity (Wildman–Crippen MR) is 88.0 cm³/mol. The summed E-state index contributed by atoms with van der Waals surface area (Å²) in [6.45, 7) is 3.46. The van der Waals surface area contributed by atoms with Crippen molar-refractivity contribution in [3.63, 3.8) is 0 Å². The highest BCUT2D eigenvalue weighted by molar-refractivity contribution is 6.30. The SMILES string of the molecule is O=C(CC1CCOCC1)N1CCC(Cc2ccc(Cl)cc2)C1. The predicted octanol–water partition coefficient (Wildman–Crippen LogP) is 3.55. The van der Waals surface area contributed by atoms with E-state index in [-0.39, 0.29) is 0 Å². The molecule has 0 saturated carbocycles. The Labute approximate surface area is 137 Å². The van der Waals surface area contributed by atoms with Gasteiger partial charge in [0.05, 0.1) is 0 Å². The molecule has 3 rings (SSSR count). The minimum atomic E-state index is 0.338. The van der Waals surface area contributed by atoms with E-state index in [2.05, 4.69) is 17.0 Å². The van der Waals surface area contributed by atoms with Gasteiger partial charge in [0.2, 0.25) is 5.91 Å². The first-order valence-corrected chi connectivity index (χ1v) is 8.68. The van der Waals surface area contributed by atoms with E-state index >= 15 is 0 Å². The van der Waals surface area contributed by atoms with Crippen molar-refractivity contribution >= 4 is 17.5 Å². The lowest BCUT2D eigenvalue weighted by Crippen LogP contribution is -2.31. The highest BCUT2D eigenvalue weighted by Gasteiger charge is 2.28. The van der Waals surface area contributed by atoms with Crippen molar-refractivity contribution in [2.75, 3.05) is 26.3 Å². The quantitative estimate of drug-likeness (QED) is 0.848. The van der Waals surface area contributed by atoms with Gasteiger partial charge in [-0.1, -0.05) is 23.7 Å². The number of hydrogen-bond donors (Lipinski definition) is 0. The van der Waals surface area contributed by atoms with E-state index in [0.29, 0.717) is 24.2 Å². The van der Waals surface area contributed by atoms with Gasteiger partial charge in [-0.05, 0) is 55.2 Å². The van der Waals surface area contributed by atoms with Crippen LogP contribution in [0.1, 0.15) is 31.2 Å². The number of nitrogens with zero attached hydrogens (tertiary/aromatic N) is 1. The fraction of sp³-hybridized carbons (Fsp3) is 0.611. The van der Waals surface area contributed by atoms with Gasteiger partial charge < -0.3 is 9.64 Å². The van der Waals surface area contributed by atoms with Crippen molar-refractivity contribution in [3.05, 3.63) is 34.9 Å². The smallest absolute Gasteiger partial charge is 0.222 e. The third-order valence-electron chi connectivity index (χ3n) is 4.88. The lowest BCUT2D eigenvalue weighted by molar-refractivity contribution is -0.132. The Morgan fingerprint density at radius 2 is 1.86 bits per heavy atom. The van der Waals surface area contributed by atoms with Crippen LogP contribution in [0.4, 0.5) is 0 Å². The zero-order valence-electron chi connectivity index (χ0n) is 13.0. The minimum absolute atomic E-state index is 0.338. The van der Waals surface area contributed by atoms with Crippen LogP contribution in [-0.2, 0) is 16.0 Å². The Morgan fingerprint density at radius 1 is 1.14 bits per heavy atom. The molecule has 1 amide bonds. The molecule has 22 heavy (non-hydrogen) atoms. The van der Waals surface area contributed by atoms with Gasteiger partial charge in [0.25, 0.3) is 0 Å². The molecule has 0 aliphatic carbocycles. The molecule has 1 unspecified atom stereocenters. The van der Waals surface area contributed by atoms with Crippen LogP contribution in [0.15, 0.2) is 24.3 Å². The van der Waals surface area contributed by atoms with E-state index in [9.17, 15) is 4.79 Å². The van der Waals surface area contributed by atoms with Crippen molar-refractivity contribution < 1.29 is 9.53 Å². The second kappa shape index (κ2) is 7.47. The van der Waals surface area contributed by atoms with Gasteiger partial charge in [0.15, 0.2) is 0 Å². The summed E-state index contributed by atoms with van der Waals surface area (Å²) < 4.78 is 5.36. The largest absolute Gasteiger partial charge is 0.381 e. The molecule has 0 spiro atoms. The number of rotatable bonds is 4. The first kappa shape index (κ1) is 15.8. The highest BCUT2D eigenvalue weighted by Crippen LogP contribution is 2.25. The molecule has 0 radical (unpaired) electrons. The lowest BCUT2D eigenvalue weighted by Gasteiger charge is -2.24. The van der Waals surface area contributed by atoms with Crippen LogP contribution < -0.4 is 0 Å². The molecule has 2 saturated heterocycles. The van der Waals surface area contributed by atoms with Crippen LogP contribution >= 0.6 is 11.6 Å². The van der Waals surface area contributed by atoms with Crippen LogP contribution in [0.2, 0.25) is 5.02 Å². The van der Waals surface area contributed by atoms with Gasteiger partial charge in [0, 0.05) is 37.7 Å². The maximum absolute atomic E-state index is 12.4. The van der Waals surface area contributed by atoms with Crippen LogP contribution in [0.5, 0.6) is 0 Å². The van der Waals surface area contributed by atoms with Gasteiger partial charge >= 0.3 is 0 Å². The average Bonchev–Trinajstić information content (AvgIpc) is 2.99. The molecule has 1 aromatic rings. The number of carbonyl (C=O) groups excluding carboxylic acids is 1. The van der Waals surface area contributed by atoms with E-state index < -0.39 is 0 Å². The molecular formula is C18H24ClNO2. The molecule has 3 nitrogen and oxygen atoms in total. The van der Waals surface area contributed by atoms with Gasteiger partial charge in [0.1, 0.15) is 0 Å². The maximum atomic E-state index is 12.4. The van der Waals surface area contributed by atoms with E-state index in [0.717, 1.165) is 57.0 Å². The van der Waals surface area contributed by atoms with Crippen LogP contribution in [0, 0.1) is 11.8 Å². The van der Waals surface area contributed by atoms with Crippen molar-refractivity contribution in [3.8, 4) is 0 Å². The van der Waals surface area contributed by atoms with Gasteiger partial charge in [-0.15, -0.1) is 0 Å². The van der Waals surface area contributed by atoms with Crippen LogP contribution in [0.3, 0.4) is 0 Å². The second-order valence-electron chi connectivity index (χ2n) is 6.58. The zero-order chi connectivity index (χ0) is 15.4. The maximum Gasteiger partial charge on any atom is 0.222 e. The number of benzene rings is 1. The van der Waals surface area contributed by atoms with E-state index in [1.807, 2.05) is 12.1 Å². The number of likely N-dealkylation sites (tertiary alicyclic amines) is 1. The molecule has 120 valence electrons. The van der Waals surface area contributed by atoms with Gasteiger partial charge in [-0.25, -0.2) is 0 Å². The first-order chi connectivity index (χ1) is 10.7. The summed E-state index contributed by atoms with van der Waals surface area (Å²) in [5.74, 6) is 1.45. The summed E-state index contributed by atoms with van der Waals surface area (Å²) in [4.78, 5) is 14.5. The summed E-state index contributed by atoms with van der Waals surface area (Å²) in [7, 11) is 0. The van der Waals surface area contributed by atoms with Gasteiger partial charge in [-0.2, -0.15) is 0 Å². The third kappa shape index (κ3) is 4.23. The molecule has 2 fully saturated rings. The Morgan fingerprint density at radius 3 is 2.59 bits per heavy atom. The number of hydrogen-bond acceptors (Lipinski definition) is 2. The molecule has 1 aromatic carbocycles. The number of halogens is 1. The van der Waals surface area contributed by atoms with Crippen molar-refractivity contribution in [1.82, 2.24) is 4.90 Å². The Hall–Kier alpha value is -1.06. The summed E-state index contributed by atoms with van der Waals surface area (Å²) in [5.41, 5.74) is 1.31.